The largest absolute Gasteiger partial charge is 0.493 e. The van der Waals surface area contributed by atoms with E-state index in [0.717, 1.165) is 25.4 Å². The normalized spacial score (nSPS) is 21.7. The van der Waals surface area contributed by atoms with Crippen LogP contribution in [0.5, 0.6) is 5.75 Å². The molecule has 0 saturated heterocycles. The van der Waals surface area contributed by atoms with E-state index in [1.54, 1.807) is 0 Å². The molecular formula is C17H28N2O. The average molecular weight is 276 g/mol. The monoisotopic (exact) mass is 276 g/mol. The van der Waals surface area contributed by atoms with Gasteiger partial charge in [0.1, 0.15) is 5.75 Å². The highest BCUT2D eigenvalue weighted by Gasteiger charge is 2.30. The van der Waals surface area contributed by atoms with Crippen LogP contribution in [-0.2, 0) is 0 Å². The van der Waals surface area contributed by atoms with Gasteiger partial charge in [-0.3, -0.25) is 0 Å². The van der Waals surface area contributed by atoms with Crippen molar-refractivity contribution < 1.29 is 4.74 Å². The molecule has 0 amide bonds. The first-order valence-electron chi connectivity index (χ1n) is 7.71. The molecule has 0 saturated carbocycles. The highest BCUT2D eigenvalue weighted by Crippen LogP contribution is 2.37. The molecule has 3 nitrogen and oxygen atoms in total. The van der Waals surface area contributed by atoms with E-state index in [1.165, 1.54) is 29.5 Å². The Morgan fingerprint density at radius 3 is 2.80 bits per heavy atom. The predicted octanol–water partition coefficient (Wildman–Crippen LogP) is 3.04. The zero-order chi connectivity index (χ0) is 14.7. The van der Waals surface area contributed by atoms with Gasteiger partial charge in [-0.25, -0.2) is 0 Å². The summed E-state index contributed by atoms with van der Waals surface area (Å²) in [5.74, 6) is 1.40. The summed E-state index contributed by atoms with van der Waals surface area (Å²) in [5.41, 5.74) is 10.2. The van der Waals surface area contributed by atoms with E-state index in [9.17, 15) is 0 Å². The zero-order valence-corrected chi connectivity index (χ0v) is 13.3. The Bertz CT molecular complexity index is 459. The van der Waals surface area contributed by atoms with Gasteiger partial charge in [-0.05, 0) is 45.0 Å². The fourth-order valence-electron chi connectivity index (χ4n) is 2.90. The summed E-state index contributed by atoms with van der Waals surface area (Å²) in [4.78, 5) is 2.38. The van der Waals surface area contributed by atoms with Gasteiger partial charge in [0.2, 0.25) is 0 Å². The number of benzene rings is 1. The van der Waals surface area contributed by atoms with E-state index in [1.807, 2.05) is 0 Å². The van der Waals surface area contributed by atoms with E-state index >= 15 is 0 Å². The van der Waals surface area contributed by atoms with E-state index in [2.05, 4.69) is 44.9 Å². The number of hydrogen-bond acceptors (Lipinski definition) is 3. The Morgan fingerprint density at radius 1 is 1.35 bits per heavy atom. The Hall–Kier alpha value is -1.06. The molecular weight excluding hydrogens is 248 g/mol. The molecule has 2 rings (SSSR count). The molecule has 0 radical (unpaired) electrons. The van der Waals surface area contributed by atoms with Crippen LogP contribution in [0.3, 0.4) is 0 Å². The quantitative estimate of drug-likeness (QED) is 0.898. The Balaban J connectivity index is 2.08. The summed E-state index contributed by atoms with van der Waals surface area (Å²) >= 11 is 0. The van der Waals surface area contributed by atoms with Crippen molar-refractivity contribution in [2.45, 2.75) is 39.7 Å². The number of fused-ring (bicyclic) bond motifs is 1. The smallest absolute Gasteiger partial charge is 0.127 e. The molecule has 2 unspecified atom stereocenters. The first kappa shape index (κ1) is 15.3. The Morgan fingerprint density at radius 2 is 2.10 bits per heavy atom. The van der Waals surface area contributed by atoms with Crippen LogP contribution in [0.2, 0.25) is 0 Å². The van der Waals surface area contributed by atoms with Crippen molar-refractivity contribution in [3.8, 4) is 5.75 Å². The van der Waals surface area contributed by atoms with Crippen LogP contribution in [0.15, 0.2) is 12.1 Å². The second-order valence-corrected chi connectivity index (χ2v) is 6.14. The third kappa shape index (κ3) is 3.15. The minimum atomic E-state index is 0.0853. The molecule has 1 heterocycles. The first-order chi connectivity index (χ1) is 9.54. The number of hydrogen-bond donors (Lipinski definition) is 1. The average Bonchev–Trinajstić information content (AvgIpc) is 2.43. The number of nitrogens with two attached hydrogens (primary N) is 1. The topological polar surface area (TPSA) is 38.5 Å². The lowest BCUT2D eigenvalue weighted by Gasteiger charge is -2.34. The molecule has 1 aromatic rings. The summed E-state index contributed by atoms with van der Waals surface area (Å²) < 4.78 is 6.02. The summed E-state index contributed by atoms with van der Waals surface area (Å²) in [6.07, 6.45) is 2.48. The lowest BCUT2D eigenvalue weighted by molar-refractivity contribution is 0.150. The standard InChI is InChI=1S/C17H28N2O/c1-5-6-9-19(4)10-14-11-20-17-13(3)12(2)7-8-15(17)16(14)18/h7-8,14,16H,5-6,9-11,18H2,1-4H3. The molecule has 0 fully saturated rings. The van der Waals surface area contributed by atoms with E-state index < -0.39 is 0 Å². The van der Waals surface area contributed by atoms with Gasteiger partial charge in [-0.1, -0.05) is 25.5 Å². The van der Waals surface area contributed by atoms with Crippen molar-refractivity contribution >= 4 is 0 Å². The highest BCUT2D eigenvalue weighted by molar-refractivity contribution is 5.48. The van der Waals surface area contributed by atoms with Crippen LogP contribution in [0.25, 0.3) is 0 Å². The fraction of sp³-hybridized carbons (Fsp3) is 0.647. The predicted molar refractivity (Wildman–Crippen MR) is 84.2 cm³/mol. The summed E-state index contributed by atoms with van der Waals surface area (Å²) in [5, 5.41) is 0. The van der Waals surface area contributed by atoms with Gasteiger partial charge in [0.05, 0.1) is 6.61 Å². The van der Waals surface area contributed by atoms with Crippen LogP contribution in [0.1, 0.15) is 42.5 Å². The van der Waals surface area contributed by atoms with Gasteiger partial charge in [-0.15, -0.1) is 0 Å². The van der Waals surface area contributed by atoms with Crippen molar-refractivity contribution in [1.82, 2.24) is 4.90 Å². The van der Waals surface area contributed by atoms with Crippen molar-refractivity contribution in [2.24, 2.45) is 11.7 Å². The summed E-state index contributed by atoms with van der Waals surface area (Å²) in [6.45, 7) is 9.34. The molecule has 2 N–H and O–H groups in total. The maximum atomic E-state index is 6.48. The Labute approximate surface area is 123 Å². The second-order valence-electron chi connectivity index (χ2n) is 6.14. The Kier molecular flexibility index (Phi) is 5.06. The number of nitrogens with zero attached hydrogens (tertiary/aromatic N) is 1. The maximum absolute atomic E-state index is 6.48. The van der Waals surface area contributed by atoms with Crippen LogP contribution < -0.4 is 10.5 Å². The van der Waals surface area contributed by atoms with E-state index in [0.29, 0.717) is 5.92 Å². The number of rotatable bonds is 5. The minimum absolute atomic E-state index is 0.0853. The fourth-order valence-corrected chi connectivity index (χ4v) is 2.90. The van der Waals surface area contributed by atoms with Gasteiger partial charge < -0.3 is 15.4 Å². The van der Waals surface area contributed by atoms with Crippen LogP contribution in [0, 0.1) is 19.8 Å². The van der Waals surface area contributed by atoms with Gasteiger partial charge >= 0.3 is 0 Å². The molecule has 0 aromatic heterocycles. The number of unbranched alkanes of at least 4 members (excludes halogenated alkanes) is 1. The van der Waals surface area contributed by atoms with Crippen LogP contribution in [0.4, 0.5) is 0 Å². The molecule has 0 bridgehead atoms. The lowest BCUT2D eigenvalue weighted by atomic mass is 9.88. The van der Waals surface area contributed by atoms with Crippen molar-refractivity contribution in [3.05, 3.63) is 28.8 Å². The highest BCUT2D eigenvalue weighted by atomic mass is 16.5. The minimum Gasteiger partial charge on any atom is -0.493 e. The zero-order valence-electron chi connectivity index (χ0n) is 13.3. The maximum Gasteiger partial charge on any atom is 0.127 e. The number of ether oxygens (including phenoxy) is 1. The summed E-state index contributed by atoms with van der Waals surface area (Å²) in [7, 11) is 2.18. The first-order valence-corrected chi connectivity index (χ1v) is 7.71. The van der Waals surface area contributed by atoms with Gasteiger partial charge in [0, 0.05) is 24.1 Å². The second kappa shape index (κ2) is 6.59. The van der Waals surface area contributed by atoms with Crippen molar-refractivity contribution in [2.75, 3.05) is 26.7 Å². The molecule has 0 spiro atoms. The van der Waals surface area contributed by atoms with Crippen molar-refractivity contribution in [3.63, 3.8) is 0 Å². The molecule has 20 heavy (non-hydrogen) atoms. The lowest BCUT2D eigenvalue weighted by Crippen LogP contribution is -2.39. The molecule has 1 aliphatic heterocycles. The molecule has 0 aliphatic carbocycles. The summed E-state index contributed by atoms with van der Waals surface area (Å²) in [6, 6.07) is 4.38. The van der Waals surface area contributed by atoms with Gasteiger partial charge in [0.15, 0.2) is 0 Å². The van der Waals surface area contributed by atoms with E-state index in [-0.39, 0.29) is 6.04 Å². The molecule has 2 atom stereocenters. The van der Waals surface area contributed by atoms with Crippen LogP contribution in [-0.4, -0.2) is 31.6 Å². The third-order valence-electron chi connectivity index (χ3n) is 4.46. The van der Waals surface area contributed by atoms with Gasteiger partial charge in [0.25, 0.3) is 0 Å². The SMILES string of the molecule is CCCCN(C)CC1COc2c(ccc(C)c2C)C1N. The van der Waals surface area contributed by atoms with Gasteiger partial charge in [-0.2, -0.15) is 0 Å². The molecule has 1 aliphatic rings. The molecule has 3 heteroatoms. The third-order valence-corrected chi connectivity index (χ3v) is 4.46. The molecule has 1 aromatic carbocycles. The number of aryl methyl sites for hydroxylation is 1. The van der Waals surface area contributed by atoms with Crippen LogP contribution >= 0.6 is 0 Å². The van der Waals surface area contributed by atoms with E-state index in [4.69, 9.17) is 10.5 Å². The van der Waals surface area contributed by atoms with Crippen molar-refractivity contribution in [1.29, 1.82) is 0 Å². The molecule has 112 valence electrons.